The molecular formula is C18H24ClFN2S. The van der Waals surface area contributed by atoms with Crippen molar-refractivity contribution in [1.82, 2.24) is 9.55 Å². The summed E-state index contributed by atoms with van der Waals surface area (Å²) in [4.78, 5) is 5.91. The van der Waals surface area contributed by atoms with E-state index in [1.807, 2.05) is 6.07 Å². The number of aromatic nitrogens is 2. The molecule has 0 radical (unpaired) electrons. The Bertz CT molecular complexity index is 684. The summed E-state index contributed by atoms with van der Waals surface area (Å²) in [5, 5.41) is 0. The Morgan fingerprint density at radius 3 is 2.57 bits per heavy atom. The van der Waals surface area contributed by atoms with Crippen molar-refractivity contribution in [2.24, 2.45) is 5.92 Å². The van der Waals surface area contributed by atoms with E-state index >= 15 is 0 Å². The molecule has 3 rings (SSSR count). The minimum absolute atomic E-state index is 0.0232. The van der Waals surface area contributed by atoms with E-state index in [1.165, 1.54) is 11.0 Å². The second-order valence-corrected chi connectivity index (χ2v) is 8.73. The van der Waals surface area contributed by atoms with Crippen molar-refractivity contribution in [3.63, 3.8) is 0 Å². The lowest BCUT2D eigenvalue weighted by atomic mass is 9.87. The monoisotopic (exact) mass is 354 g/mol. The molecule has 126 valence electrons. The van der Waals surface area contributed by atoms with Crippen molar-refractivity contribution in [2.75, 3.05) is 0 Å². The molecule has 1 fully saturated rings. The summed E-state index contributed by atoms with van der Waals surface area (Å²) in [6, 6.07) is 6.21. The lowest BCUT2D eigenvalue weighted by Crippen LogP contribution is -2.24. The van der Waals surface area contributed by atoms with Gasteiger partial charge in [0, 0.05) is 16.9 Å². The average molecular weight is 355 g/mol. The van der Waals surface area contributed by atoms with Gasteiger partial charge in [0.2, 0.25) is 0 Å². The summed E-state index contributed by atoms with van der Waals surface area (Å²) in [5.41, 5.74) is 2.14. The fourth-order valence-electron chi connectivity index (χ4n) is 3.48. The van der Waals surface area contributed by atoms with Gasteiger partial charge in [-0.1, -0.05) is 20.8 Å². The van der Waals surface area contributed by atoms with Crippen LogP contribution in [0.3, 0.4) is 0 Å². The number of halogens is 2. The van der Waals surface area contributed by atoms with Crippen molar-refractivity contribution in [1.29, 1.82) is 0 Å². The van der Waals surface area contributed by atoms with Gasteiger partial charge in [0.05, 0.1) is 11.0 Å². The number of rotatable bonds is 3. The van der Waals surface area contributed by atoms with Crippen LogP contribution >= 0.6 is 21.7 Å². The van der Waals surface area contributed by atoms with Crippen molar-refractivity contribution in [3.8, 4) is 0 Å². The summed E-state index contributed by atoms with van der Waals surface area (Å²) < 4.78 is 15.8. The third-order valence-corrected chi connectivity index (χ3v) is 5.66. The Morgan fingerprint density at radius 2 is 1.96 bits per heavy atom. The summed E-state index contributed by atoms with van der Waals surface area (Å²) in [5.74, 6) is 1.65. The maximum Gasteiger partial charge on any atom is 0.115 e. The fourth-order valence-corrected chi connectivity index (χ4v) is 4.04. The Balaban J connectivity index is 1.99. The molecule has 0 spiro atoms. The van der Waals surface area contributed by atoms with E-state index in [2.05, 4.69) is 37.5 Å². The van der Waals surface area contributed by atoms with E-state index in [0.717, 1.165) is 41.1 Å². The number of imidazole rings is 1. The number of hydrogen-bond acceptors (Lipinski definition) is 2. The highest BCUT2D eigenvalue weighted by atomic mass is 35.7. The predicted molar refractivity (Wildman–Crippen MR) is 97.0 cm³/mol. The van der Waals surface area contributed by atoms with Gasteiger partial charge in [0.1, 0.15) is 12.0 Å². The molecule has 0 bridgehead atoms. The molecule has 5 heteroatoms. The molecule has 23 heavy (non-hydrogen) atoms. The van der Waals surface area contributed by atoms with Crippen molar-refractivity contribution >= 4 is 32.7 Å². The van der Waals surface area contributed by atoms with Crippen molar-refractivity contribution < 1.29 is 4.39 Å². The van der Waals surface area contributed by atoms with Crippen LogP contribution in [0.4, 0.5) is 4.39 Å². The standard InChI is InChI=1S/C18H24ClFN2S/c1-18(2,3)17-21-15-10-14(23-19)8-9-16(15)22(17)11-12-4-6-13(20)7-5-12/h8-10,12-13H,4-7,11H2,1-3H3. The topological polar surface area (TPSA) is 17.8 Å². The van der Waals surface area contributed by atoms with E-state index in [4.69, 9.17) is 15.7 Å². The van der Waals surface area contributed by atoms with Gasteiger partial charge in [0.15, 0.2) is 0 Å². The highest BCUT2D eigenvalue weighted by Crippen LogP contribution is 2.33. The van der Waals surface area contributed by atoms with Gasteiger partial charge in [-0.3, -0.25) is 0 Å². The van der Waals surface area contributed by atoms with Gasteiger partial charge in [-0.15, -0.1) is 0 Å². The number of alkyl halides is 1. The van der Waals surface area contributed by atoms with Gasteiger partial charge >= 0.3 is 0 Å². The molecule has 2 aromatic rings. The first-order valence-electron chi connectivity index (χ1n) is 8.32. The molecule has 2 nitrogen and oxygen atoms in total. The minimum Gasteiger partial charge on any atom is -0.327 e. The van der Waals surface area contributed by atoms with E-state index in [0.29, 0.717) is 18.8 Å². The largest absolute Gasteiger partial charge is 0.327 e. The quantitative estimate of drug-likeness (QED) is 0.661. The first-order chi connectivity index (χ1) is 10.9. The van der Waals surface area contributed by atoms with Crippen LogP contribution in [0.15, 0.2) is 23.1 Å². The van der Waals surface area contributed by atoms with Crippen LogP contribution < -0.4 is 0 Å². The Labute approximate surface area is 146 Å². The maximum atomic E-state index is 13.4. The lowest BCUT2D eigenvalue weighted by Gasteiger charge is -2.27. The maximum absolute atomic E-state index is 13.4. The Morgan fingerprint density at radius 1 is 1.26 bits per heavy atom. The normalized spacial score (nSPS) is 22.7. The summed E-state index contributed by atoms with van der Waals surface area (Å²) in [6.07, 6.45) is 2.75. The highest BCUT2D eigenvalue weighted by molar-refractivity contribution is 8.21. The minimum atomic E-state index is -0.601. The van der Waals surface area contributed by atoms with Gasteiger partial charge in [-0.2, -0.15) is 0 Å². The van der Waals surface area contributed by atoms with Crippen LogP contribution in [0.25, 0.3) is 11.0 Å². The summed E-state index contributed by atoms with van der Waals surface area (Å²) >= 11 is 0. The zero-order valence-corrected chi connectivity index (χ0v) is 15.6. The predicted octanol–water partition coefficient (Wildman–Crippen LogP) is 6.11. The van der Waals surface area contributed by atoms with Crippen LogP contribution in [0.1, 0.15) is 52.3 Å². The van der Waals surface area contributed by atoms with Gasteiger partial charge in [0.25, 0.3) is 0 Å². The molecule has 0 amide bonds. The van der Waals surface area contributed by atoms with E-state index < -0.39 is 6.17 Å². The molecule has 1 saturated carbocycles. The SMILES string of the molecule is CC(C)(C)c1nc2cc(SCl)ccc2n1CC1CCC(F)CC1. The second kappa shape index (κ2) is 6.64. The first-order valence-corrected chi connectivity index (χ1v) is 9.96. The van der Waals surface area contributed by atoms with Crippen molar-refractivity contribution in [3.05, 3.63) is 24.0 Å². The molecule has 0 N–H and O–H groups in total. The average Bonchev–Trinajstić information content (AvgIpc) is 2.87. The van der Waals surface area contributed by atoms with Gasteiger partial charge in [-0.05, 0) is 71.5 Å². The molecule has 0 atom stereocenters. The Hall–Kier alpha value is -0.740. The van der Waals surface area contributed by atoms with Gasteiger partial charge in [-0.25, -0.2) is 9.37 Å². The van der Waals surface area contributed by atoms with E-state index in [-0.39, 0.29) is 5.41 Å². The number of hydrogen-bond donors (Lipinski definition) is 0. The third-order valence-electron chi connectivity index (χ3n) is 4.70. The van der Waals surface area contributed by atoms with Crippen LogP contribution in [-0.2, 0) is 12.0 Å². The van der Waals surface area contributed by atoms with E-state index in [9.17, 15) is 4.39 Å². The number of nitrogens with zero attached hydrogens (tertiary/aromatic N) is 2. The molecule has 0 unspecified atom stereocenters. The first kappa shape index (κ1) is 17.1. The summed E-state index contributed by atoms with van der Waals surface area (Å²) in [7, 11) is 7.10. The van der Waals surface area contributed by atoms with E-state index in [1.54, 1.807) is 0 Å². The van der Waals surface area contributed by atoms with Crippen LogP contribution in [-0.4, -0.2) is 15.7 Å². The lowest BCUT2D eigenvalue weighted by molar-refractivity contribution is 0.194. The molecule has 1 aromatic heterocycles. The number of fused-ring (bicyclic) bond motifs is 1. The smallest absolute Gasteiger partial charge is 0.115 e. The van der Waals surface area contributed by atoms with Crippen molar-refractivity contribution in [2.45, 2.75) is 69.5 Å². The highest BCUT2D eigenvalue weighted by Gasteiger charge is 2.26. The van der Waals surface area contributed by atoms with Crippen LogP contribution in [0.2, 0.25) is 0 Å². The zero-order valence-electron chi connectivity index (χ0n) is 14.0. The summed E-state index contributed by atoms with van der Waals surface area (Å²) in [6.45, 7) is 7.52. The molecule has 1 heterocycles. The zero-order chi connectivity index (χ0) is 16.6. The molecular weight excluding hydrogens is 331 g/mol. The van der Waals surface area contributed by atoms with Crippen LogP contribution in [0.5, 0.6) is 0 Å². The molecule has 0 saturated heterocycles. The number of benzene rings is 1. The molecule has 1 aliphatic rings. The molecule has 1 aromatic carbocycles. The third kappa shape index (κ3) is 3.69. The Kier molecular flexibility index (Phi) is 4.93. The molecule has 1 aliphatic carbocycles. The van der Waals surface area contributed by atoms with Crippen LogP contribution in [0, 0.1) is 5.92 Å². The fraction of sp³-hybridized carbons (Fsp3) is 0.611. The second-order valence-electron chi connectivity index (χ2n) is 7.64. The van der Waals surface area contributed by atoms with Gasteiger partial charge < -0.3 is 4.57 Å². The molecule has 0 aliphatic heterocycles.